The first-order valence-corrected chi connectivity index (χ1v) is 5.38. The van der Waals surface area contributed by atoms with Crippen molar-refractivity contribution in [2.45, 2.75) is 19.1 Å². The number of benzene rings is 1. The van der Waals surface area contributed by atoms with Gasteiger partial charge in [-0.05, 0) is 12.0 Å². The van der Waals surface area contributed by atoms with Gasteiger partial charge in [0.2, 0.25) is 5.79 Å². The second-order valence-corrected chi connectivity index (χ2v) is 3.70. The second-order valence-electron chi connectivity index (χ2n) is 3.70. The molecule has 0 radical (unpaired) electrons. The lowest BCUT2D eigenvalue weighted by Gasteiger charge is -2.26. The number of ether oxygens (including phenoxy) is 2. The number of nitrogens with two attached hydrogens (primary N) is 1. The van der Waals surface area contributed by atoms with Gasteiger partial charge in [0.25, 0.3) is 0 Å². The molecule has 1 heterocycles. The van der Waals surface area contributed by atoms with Crippen LogP contribution >= 0.6 is 0 Å². The largest absolute Gasteiger partial charge is 0.342 e. The molecule has 0 aromatic heterocycles. The lowest BCUT2D eigenvalue weighted by molar-refractivity contribution is -0.156. The maximum Gasteiger partial charge on any atom is 0.207 e. The molecule has 3 heteroatoms. The van der Waals surface area contributed by atoms with Gasteiger partial charge in [-0.25, -0.2) is 0 Å². The van der Waals surface area contributed by atoms with Crippen LogP contribution in [0.15, 0.2) is 24.3 Å². The fourth-order valence-corrected chi connectivity index (χ4v) is 1.85. The maximum atomic E-state index is 5.72. The van der Waals surface area contributed by atoms with Gasteiger partial charge < -0.3 is 15.2 Å². The van der Waals surface area contributed by atoms with Gasteiger partial charge in [-0.2, -0.15) is 0 Å². The number of aryl methyl sites for hydroxylation is 1. The Labute approximate surface area is 90.2 Å². The Morgan fingerprint density at radius 3 is 2.27 bits per heavy atom. The first-order chi connectivity index (χ1) is 7.30. The van der Waals surface area contributed by atoms with Crippen LogP contribution < -0.4 is 5.73 Å². The molecule has 1 aliphatic heterocycles. The van der Waals surface area contributed by atoms with E-state index in [2.05, 4.69) is 19.1 Å². The van der Waals surface area contributed by atoms with E-state index in [0.717, 1.165) is 12.0 Å². The van der Waals surface area contributed by atoms with Crippen molar-refractivity contribution < 1.29 is 9.47 Å². The fraction of sp³-hybridized carbons (Fsp3) is 0.500. The molecule has 1 aliphatic rings. The van der Waals surface area contributed by atoms with E-state index in [1.807, 2.05) is 12.1 Å². The van der Waals surface area contributed by atoms with Crippen molar-refractivity contribution in [3.8, 4) is 0 Å². The van der Waals surface area contributed by atoms with E-state index in [4.69, 9.17) is 15.2 Å². The highest BCUT2D eigenvalue weighted by atomic mass is 16.7. The zero-order valence-electron chi connectivity index (χ0n) is 9.03. The first-order valence-electron chi connectivity index (χ1n) is 5.38. The lowest BCUT2D eigenvalue weighted by Crippen LogP contribution is -2.36. The second kappa shape index (κ2) is 4.31. The average molecular weight is 207 g/mol. The molecule has 0 amide bonds. The lowest BCUT2D eigenvalue weighted by atomic mass is 10.0. The standard InChI is InChI=1S/C12H17NO2/c1-2-10-3-5-11(6-4-10)12(9-13)14-7-8-15-12/h3-6H,2,7-9,13H2,1H3. The smallest absolute Gasteiger partial charge is 0.207 e. The van der Waals surface area contributed by atoms with Crippen LogP contribution in [-0.4, -0.2) is 19.8 Å². The highest BCUT2D eigenvalue weighted by Gasteiger charge is 2.36. The summed E-state index contributed by atoms with van der Waals surface area (Å²) in [5, 5.41) is 0. The fourth-order valence-electron chi connectivity index (χ4n) is 1.85. The van der Waals surface area contributed by atoms with E-state index in [9.17, 15) is 0 Å². The van der Waals surface area contributed by atoms with Gasteiger partial charge in [-0.15, -0.1) is 0 Å². The third-order valence-corrected chi connectivity index (χ3v) is 2.82. The molecule has 0 saturated carbocycles. The monoisotopic (exact) mass is 207 g/mol. The topological polar surface area (TPSA) is 44.5 Å². The molecule has 1 aromatic rings. The highest BCUT2D eigenvalue weighted by Crippen LogP contribution is 2.30. The van der Waals surface area contributed by atoms with Crippen molar-refractivity contribution in [1.29, 1.82) is 0 Å². The van der Waals surface area contributed by atoms with E-state index in [0.29, 0.717) is 19.8 Å². The first kappa shape index (κ1) is 10.6. The molecule has 1 saturated heterocycles. The number of hydrogen-bond donors (Lipinski definition) is 1. The Morgan fingerprint density at radius 2 is 1.80 bits per heavy atom. The van der Waals surface area contributed by atoms with Crippen LogP contribution in [0.3, 0.4) is 0 Å². The summed E-state index contributed by atoms with van der Waals surface area (Å²) in [7, 11) is 0. The molecule has 1 fully saturated rings. The number of hydrogen-bond acceptors (Lipinski definition) is 3. The van der Waals surface area contributed by atoms with Crippen LogP contribution in [0, 0.1) is 0 Å². The molecule has 2 N–H and O–H groups in total. The Morgan fingerprint density at radius 1 is 1.20 bits per heavy atom. The van der Waals surface area contributed by atoms with Crippen LogP contribution in [0.1, 0.15) is 18.1 Å². The molecule has 3 nitrogen and oxygen atoms in total. The van der Waals surface area contributed by atoms with Gasteiger partial charge in [-0.1, -0.05) is 31.2 Å². The van der Waals surface area contributed by atoms with Crippen molar-refractivity contribution in [1.82, 2.24) is 0 Å². The molecule has 2 rings (SSSR count). The van der Waals surface area contributed by atoms with Gasteiger partial charge in [0.15, 0.2) is 0 Å². The van der Waals surface area contributed by atoms with E-state index >= 15 is 0 Å². The summed E-state index contributed by atoms with van der Waals surface area (Å²) in [5.41, 5.74) is 8.04. The molecule has 15 heavy (non-hydrogen) atoms. The van der Waals surface area contributed by atoms with Crippen LogP contribution in [-0.2, 0) is 21.7 Å². The minimum absolute atomic E-state index is 0.360. The molecule has 1 aromatic carbocycles. The Bertz CT molecular complexity index is 315. The van der Waals surface area contributed by atoms with Crippen molar-refractivity contribution >= 4 is 0 Å². The van der Waals surface area contributed by atoms with Gasteiger partial charge in [0.05, 0.1) is 19.8 Å². The molecule has 0 bridgehead atoms. The van der Waals surface area contributed by atoms with Crippen LogP contribution in [0.25, 0.3) is 0 Å². The summed E-state index contributed by atoms with van der Waals surface area (Å²) in [6.45, 7) is 3.73. The molecule has 82 valence electrons. The molecule has 0 spiro atoms. The quantitative estimate of drug-likeness (QED) is 0.815. The van der Waals surface area contributed by atoms with E-state index in [-0.39, 0.29) is 0 Å². The summed E-state index contributed by atoms with van der Waals surface area (Å²) in [4.78, 5) is 0. The minimum atomic E-state index is -0.702. The van der Waals surface area contributed by atoms with Crippen molar-refractivity contribution in [2.75, 3.05) is 19.8 Å². The van der Waals surface area contributed by atoms with Gasteiger partial charge >= 0.3 is 0 Å². The predicted molar refractivity (Wildman–Crippen MR) is 58.5 cm³/mol. The van der Waals surface area contributed by atoms with Crippen LogP contribution in [0.2, 0.25) is 0 Å². The van der Waals surface area contributed by atoms with Gasteiger partial charge in [-0.3, -0.25) is 0 Å². The van der Waals surface area contributed by atoms with Gasteiger partial charge in [0.1, 0.15) is 0 Å². The zero-order valence-corrected chi connectivity index (χ0v) is 9.03. The Hall–Kier alpha value is -0.900. The van der Waals surface area contributed by atoms with Crippen LogP contribution in [0.5, 0.6) is 0 Å². The summed E-state index contributed by atoms with van der Waals surface area (Å²) >= 11 is 0. The summed E-state index contributed by atoms with van der Waals surface area (Å²) in [6.07, 6.45) is 1.04. The van der Waals surface area contributed by atoms with E-state index < -0.39 is 5.79 Å². The molecular formula is C12H17NO2. The maximum absolute atomic E-state index is 5.72. The van der Waals surface area contributed by atoms with E-state index in [1.165, 1.54) is 5.56 Å². The van der Waals surface area contributed by atoms with Crippen molar-refractivity contribution in [3.63, 3.8) is 0 Å². The average Bonchev–Trinajstić information content (AvgIpc) is 2.79. The molecule has 0 atom stereocenters. The van der Waals surface area contributed by atoms with E-state index in [1.54, 1.807) is 0 Å². The van der Waals surface area contributed by atoms with Crippen molar-refractivity contribution in [3.05, 3.63) is 35.4 Å². The summed E-state index contributed by atoms with van der Waals surface area (Å²) in [6, 6.07) is 8.27. The SMILES string of the molecule is CCc1ccc(C2(CN)OCCO2)cc1. The third kappa shape index (κ3) is 1.91. The van der Waals surface area contributed by atoms with Crippen LogP contribution in [0.4, 0.5) is 0 Å². The predicted octanol–water partition coefficient (Wildman–Crippen LogP) is 1.41. The molecule has 0 aliphatic carbocycles. The van der Waals surface area contributed by atoms with Crippen molar-refractivity contribution in [2.24, 2.45) is 5.73 Å². The zero-order chi connectivity index (χ0) is 10.7. The summed E-state index contributed by atoms with van der Waals surface area (Å²) in [5.74, 6) is -0.702. The third-order valence-electron chi connectivity index (χ3n) is 2.82. The summed E-state index contributed by atoms with van der Waals surface area (Å²) < 4.78 is 11.2. The highest BCUT2D eigenvalue weighted by molar-refractivity contribution is 5.26. The molecular weight excluding hydrogens is 190 g/mol. The molecule has 0 unspecified atom stereocenters. The number of rotatable bonds is 3. The normalized spacial score (nSPS) is 19.3. The van der Waals surface area contributed by atoms with Gasteiger partial charge in [0, 0.05) is 5.56 Å². The Kier molecular flexibility index (Phi) is 3.05. The minimum Gasteiger partial charge on any atom is -0.342 e. The Balaban J connectivity index is 2.26.